The Hall–Kier alpha value is -1.47. The van der Waals surface area contributed by atoms with Gasteiger partial charge in [0, 0.05) is 0 Å². The van der Waals surface area contributed by atoms with Gasteiger partial charge in [-0.25, -0.2) is 9.18 Å². The zero-order valence-corrected chi connectivity index (χ0v) is 14.5. The molecule has 0 bridgehead atoms. The maximum atomic E-state index is 14.3. The maximum Gasteiger partial charge on any atom is 0.341 e. The minimum Gasteiger partial charge on any atom is -0.456 e. The highest BCUT2D eigenvalue weighted by atomic mass is 32.2. The molecule has 23 heavy (non-hydrogen) atoms. The van der Waals surface area contributed by atoms with E-state index in [4.69, 9.17) is 8.92 Å². The Balaban J connectivity index is 2.33. The van der Waals surface area contributed by atoms with Crippen molar-refractivity contribution in [3.8, 4) is 0 Å². The first kappa shape index (κ1) is 17.9. The van der Waals surface area contributed by atoms with Gasteiger partial charge in [0.25, 0.3) is 10.1 Å². The van der Waals surface area contributed by atoms with Crippen molar-refractivity contribution in [2.75, 3.05) is 6.26 Å². The van der Waals surface area contributed by atoms with Crippen molar-refractivity contribution < 1.29 is 26.5 Å². The summed E-state index contributed by atoms with van der Waals surface area (Å²) in [6.07, 6.45) is 2.78. The second-order valence-corrected chi connectivity index (χ2v) is 8.42. The second kappa shape index (κ2) is 6.20. The molecular weight excluding hydrogens is 323 g/mol. The molecule has 5 nitrogen and oxygen atoms in total. The third kappa shape index (κ3) is 5.28. The number of carbonyl (C=O) groups is 1. The van der Waals surface area contributed by atoms with Gasteiger partial charge >= 0.3 is 5.97 Å². The molecule has 1 saturated carbocycles. The van der Waals surface area contributed by atoms with Crippen LogP contribution in [0.4, 0.5) is 4.39 Å². The van der Waals surface area contributed by atoms with Gasteiger partial charge in [-0.05, 0) is 62.8 Å². The Morgan fingerprint density at radius 2 is 1.91 bits per heavy atom. The third-order valence-electron chi connectivity index (χ3n) is 3.29. The lowest BCUT2D eigenvalue weighted by Gasteiger charge is -2.20. The van der Waals surface area contributed by atoms with Crippen LogP contribution >= 0.6 is 0 Å². The van der Waals surface area contributed by atoms with E-state index in [0.717, 1.165) is 30.7 Å². The molecule has 0 spiro atoms. The predicted molar refractivity (Wildman–Crippen MR) is 83.2 cm³/mol. The van der Waals surface area contributed by atoms with Crippen LogP contribution in [0.2, 0.25) is 0 Å². The van der Waals surface area contributed by atoms with Crippen LogP contribution in [0.1, 0.15) is 61.0 Å². The summed E-state index contributed by atoms with van der Waals surface area (Å²) in [6, 6.07) is 2.63. The first-order valence-electron chi connectivity index (χ1n) is 7.36. The van der Waals surface area contributed by atoms with Crippen molar-refractivity contribution in [3.63, 3.8) is 0 Å². The number of carbonyl (C=O) groups excluding carboxylic acids is 1. The molecule has 0 saturated heterocycles. The van der Waals surface area contributed by atoms with Crippen molar-refractivity contribution in [2.45, 2.75) is 51.7 Å². The van der Waals surface area contributed by atoms with E-state index in [0.29, 0.717) is 5.56 Å². The minimum atomic E-state index is -3.62. The van der Waals surface area contributed by atoms with E-state index in [1.54, 1.807) is 20.8 Å². The quantitative estimate of drug-likeness (QED) is 0.606. The summed E-state index contributed by atoms with van der Waals surface area (Å²) in [5.41, 5.74) is 0.338. The van der Waals surface area contributed by atoms with E-state index in [1.807, 2.05) is 0 Å². The zero-order valence-electron chi connectivity index (χ0n) is 13.7. The number of benzene rings is 1. The molecule has 0 atom stereocenters. The fourth-order valence-corrected chi connectivity index (χ4v) is 2.53. The van der Waals surface area contributed by atoms with Crippen molar-refractivity contribution in [1.82, 2.24) is 0 Å². The summed E-state index contributed by atoms with van der Waals surface area (Å²) in [7, 11) is -3.62. The number of hydrogen-bond acceptors (Lipinski definition) is 5. The summed E-state index contributed by atoms with van der Waals surface area (Å²) in [5, 5.41) is 0. The van der Waals surface area contributed by atoms with Crippen LogP contribution < -0.4 is 0 Å². The van der Waals surface area contributed by atoms with E-state index in [9.17, 15) is 17.6 Å². The van der Waals surface area contributed by atoms with Gasteiger partial charge in [-0.1, -0.05) is 0 Å². The molecule has 2 rings (SSSR count). The Morgan fingerprint density at radius 3 is 2.39 bits per heavy atom. The molecule has 0 aromatic heterocycles. The van der Waals surface area contributed by atoms with Crippen LogP contribution in [-0.4, -0.2) is 26.2 Å². The molecule has 7 heteroatoms. The molecule has 0 radical (unpaired) electrons. The predicted octanol–water partition coefficient (Wildman–Crippen LogP) is 3.13. The van der Waals surface area contributed by atoms with Gasteiger partial charge in [-0.3, -0.25) is 4.18 Å². The number of ether oxygens (including phenoxy) is 1. The molecule has 1 aliphatic rings. The van der Waals surface area contributed by atoms with Crippen LogP contribution in [0, 0.1) is 5.82 Å². The highest BCUT2D eigenvalue weighted by Crippen LogP contribution is 2.42. The van der Waals surface area contributed by atoms with Crippen LogP contribution in [-0.2, 0) is 25.6 Å². The Labute approximate surface area is 135 Å². The zero-order chi connectivity index (χ0) is 17.4. The SMILES string of the molecule is CC(C)(C)OC(=O)c1cc(C2CC2)c(COS(C)(=O)=O)cc1F. The summed E-state index contributed by atoms with van der Waals surface area (Å²) >= 11 is 0. The van der Waals surface area contributed by atoms with Crippen molar-refractivity contribution >= 4 is 16.1 Å². The molecule has 0 heterocycles. The molecule has 0 N–H and O–H groups in total. The number of esters is 1. The molecule has 1 aliphatic carbocycles. The highest BCUT2D eigenvalue weighted by Gasteiger charge is 2.30. The first-order chi connectivity index (χ1) is 10.5. The molecule has 1 aromatic rings. The smallest absolute Gasteiger partial charge is 0.341 e. The number of hydrogen-bond donors (Lipinski definition) is 0. The lowest BCUT2D eigenvalue weighted by Crippen LogP contribution is -2.24. The molecular formula is C16H21FO5S. The van der Waals surface area contributed by atoms with Gasteiger partial charge in [0.05, 0.1) is 18.4 Å². The average molecular weight is 344 g/mol. The average Bonchev–Trinajstić information content (AvgIpc) is 3.17. The lowest BCUT2D eigenvalue weighted by atomic mass is 10.00. The van der Waals surface area contributed by atoms with Gasteiger partial charge in [0.1, 0.15) is 11.4 Å². The monoisotopic (exact) mass is 344 g/mol. The lowest BCUT2D eigenvalue weighted by molar-refractivity contribution is 0.00644. The van der Waals surface area contributed by atoms with Crippen molar-refractivity contribution in [3.05, 3.63) is 34.6 Å². The van der Waals surface area contributed by atoms with Gasteiger partial charge in [-0.15, -0.1) is 0 Å². The van der Waals surface area contributed by atoms with E-state index in [2.05, 4.69) is 0 Å². The third-order valence-corrected chi connectivity index (χ3v) is 3.84. The topological polar surface area (TPSA) is 69.7 Å². The summed E-state index contributed by atoms with van der Waals surface area (Å²) in [5.74, 6) is -1.27. The van der Waals surface area contributed by atoms with Gasteiger partial charge < -0.3 is 4.74 Å². The number of halogens is 1. The van der Waals surface area contributed by atoms with Crippen molar-refractivity contribution in [1.29, 1.82) is 0 Å². The normalized spacial score (nSPS) is 15.5. The van der Waals surface area contributed by atoms with Gasteiger partial charge in [-0.2, -0.15) is 8.42 Å². The van der Waals surface area contributed by atoms with Crippen LogP contribution in [0.15, 0.2) is 12.1 Å². The van der Waals surface area contributed by atoms with Gasteiger partial charge in [0.15, 0.2) is 0 Å². The summed E-state index contributed by atoms with van der Waals surface area (Å²) in [4.78, 5) is 12.1. The number of rotatable bonds is 5. The van der Waals surface area contributed by atoms with E-state index in [-0.39, 0.29) is 18.1 Å². The fraction of sp³-hybridized carbons (Fsp3) is 0.562. The van der Waals surface area contributed by atoms with E-state index in [1.165, 1.54) is 6.07 Å². The molecule has 0 aliphatic heterocycles. The highest BCUT2D eigenvalue weighted by molar-refractivity contribution is 7.85. The largest absolute Gasteiger partial charge is 0.456 e. The summed E-state index contributed by atoms with van der Waals surface area (Å²) in [6.45, 7) is 4.88. The molecule has 1 aromatic carbocycles. The Kier molecular flexibility index (Phi) is 4.82. The summed E-state index contributed by atoms with van der Waals surface area (Å²) < 4.78 is 46.5. The molecule has 128 valence electrons. The maximum absolute atomic E-state index is 14.3. The fourth-order valence-electron chi connectivity index (χ4n) is 2.19. The standard InChI is InChI=1S/C16H21FO5S/c1-16(2,3)22-15(18)13-8-12(10-5-6-10)11(7-14(13)17)9-21-23(4,19)20/h7-8,10H,5-6,9H2,1-4H3. The van der Waals surface area contributed by atoms with Crippen LogP contribution in [0.3, 0.4) is 0 Å². The first-order valence-corrected chi connectivity index (χ1v) is 9.18. The minimum absolute atomic E-state index is 0.134. The van der Waals surface area contributed by atoms with E-state index < -0.39 is 27.5 Å². The van der Waals surface area contributed by atoms with Gasteiger partial charge in [0.2, 0.25) is 0 Å². The van der Waals surface area contributed by atoms with E-state index >= 15 is 0 Å². The Morgan fingerprint density at radius 1 is 1.30 bits per heavy atom. The van der Waals surface area contributed by atoms with Crippen LogP contribution in [0.25, 0.3) is 0 Å². The Bertz CT molecular complexity index is 715. The second-order valence-electron chi connectivity index (χ2n) is 6.77. The van der Waals surface area contributed by atoms with Crippen molar-refractivity contribution in [2.24, 2.45) is 0 Å². The molecule has 0 amide bonds. The molecule has 1 fully saturated rings. The van der Waals surface area contributed by atoms with Crippen LogP contribution in [0.5, 0.6) is 0 Å². The molecule has 0 unspecified atom stereocenters.